The van der Waals surface area contributed by atoms with Crippen molar-refractivity contribution in [1.29, 1.82) is 5.26 Å². The molecule has 0 unspecified atom stereocenters. The minimum absolute atomic E-state index is 0.363. The fraction of sp³-hybridized carbons (Fsp3) is 0.0571. The summed E-state index contributed by atoms with van der Waals surface area (Å²) in [7, 11) is 0. The van der Waals surface area contributed by atoms with Gasteiger partial charge in [-0.2, -0.15) is 5.26 Å². The molecule has 0 aliphatic heterocycles. The Labute approximate surface area is 441 Å². The fourth-order valence-electron chi connectivity index (χ4n) is 10.7. The van der Waals surface area contributed by atoms with Crippen LogP contribution in [-0.4, -0.2) is 0 Å². The molecule has 0 aliphatic carbocycles. The molecule has 4 nitrogen and oxygen atoms in total. The molecule has 0 N–H and O–H groups in total. The quantitative estimate of drug-likeness (QED) is 0.101. The highest BCUT2D eigenvalue weighted by Gasteiger charge is 2.28. The van der Waals surface area contributed by atoms with E-state index in [0.717, 1.165) is 99.3 Å². The Morgan fingerprint density at radius 3 is 1.12 bits per heavy atom. The van der Waals surface area contributed by atoms with Gasteiger partial charge in [0, 0.05) is 33.3 Å². The van der Waals surface area contributed by atoms with Gasteiger partial charge < -0.3 is 9.80 Å². The van der Waals surface area contributed by atoms with Gasteiger partial charge in [-0.05, 0) is 155 Å². The van der Waals surface area contributed by atoms with E-state index in [1.165, 1.54) is 0 Å². The average molecular weight is 983 g/mol. The minimum atomic E-state index is -0.411. The molecule has 6 heteroatoms. The van der Waals surface area contributed by atoms with E-state index in [1.54, 1.807) is 36.4 Å². The summed E-state index contributed by atoms with van der Waals surface area (Å²) in [6.45, 7) is 16.0. The molecule has 0 aliphatic rings. The topological polar surface area (TPSA) is 34.6 Å². The Balaban J connectivity index is 1.13. The molecule has 12 aromatic rings. The molecule has 76 heavy (non-hydrogen) atoms. The zero-order chi connectivity index (χ0) is 52.2. The lowest BCUT2D eigenvalue weighted by Crippen LogP contribution is -2.15. The van der Waals surface area contributed by atoms with E-state index in [2.05, 4.69) is 71.6 Å². The van der Waals surface area contributed by atoms with Gasteiger partial charge in [-0.1, -0.05) is 168 Å². The van der Waals surface area contributed by atoms with Crippen molar-refractivity contribution in [3.8, 4) is 50.6 Å². The summed E-state index contributed by atoms with van der Waals surface area (Å²) in [6, 6.07) is 73.6. The van der Waals surface area contributed by atoms with Gasteiger partial charge in [0.1, 0.15) is 11.6 Å². The first-order valence-electron chi connectivity index (χ1n) is 25.3. The lowest BCUT2D eigenvalue weighted by Gasteiger charge is -2.31. The second-order valence-electron chi connectivity index (χ2n) is 19.7. The predicted molar refractivity (Wildman–Crippen MR) is 311 cm³/mol. The van der Waals surface area contributed by atoms with Gasteiger partial charge in [0.25, 0.3) is 0 Å². The Morgan fingerprint density at radius 2 is 0.750 bits per heavy atom. The maximum absolute atomic E-state index is 17.9. The Kier molecular flexibility index (Phi) is 11.9. The normalized spacial score (nSPS) is 11.3. The van der Waals surface area contributed by atoms with Crippen LogP contribution in [0.4, 0.5) is 48.6 Å². The summed E-state index contributed by atoms with van der Waals surface area (Å²) < 4.78 is 35.8. The first-order valence-corrected chi connectivity index (χ1v) is 25.3. The molecule has 12 rings (SSSR count). The van der Waals surface area contributed by atoms with E-state index in [-0.39, 0.29) is 0 Å². The van der Waals surface area contributed by atoms with Crippen molar-refractivity contribution in [1.82, 2.24) is 0 Å². The second-order valence-corrected chi connectivity index (χ2v) is 19.7. The fourth-order valence-corrected chi connectivity index (χ4v) is 10.7. The van der Waals surface area contributed by atoms with E-state index in [1.807, 2.05) is 159 Å². The van der Waals surface area contributed by atoms with Crippen molar-refractivity contribution in [3.05, 3.63) is 269 Å². The van der Waals surface area contributed by atoms with Gasteiger partial charge in [0.2, 0.25) is 0 Å². The molecule has 0 atom stereocenters. The third-order valence-corrected chi connectivity index (χ3v) is 14.7. The van der Waals surface area contributed by atoms with Crippen LogP contribution in [0.15, 0.2) is 218 Å². The van der Waals surface area contributed by atoms with Crippen LogP contribution in [0.3, 0.4) is 0 Å². The van der Waals surface area contributed by atoms with Gasteiger partial charge >= 0.3 is 0 Å². The van der Waals surface area contributed by atoms with E-state index in [4.69, 9.17) is 6.57 Å². The monoisotopic (exact) mass is 982 g/mol. The van der Waals surface area contributed by atoms with Gasteiger partial charge in [-0.3, -0.25) is 0 Å². The summed E-state index contributed by atoms with van der Waals surface area (Å²) in [5.74, 6) is -0.820. The predicted octanol–water partition coefficient (Wildman–Crippen LogP) is 20.1. The number of rotatable bonds is 10. The van der Waals surface area contributed by atoms with Crippen LogP contribution in [0, 0.1) is 57.2 Å². The van der Waals surface area contributed by atoms with Crippen molar-refractivity contribution in [2.45, 2.75) is 27.7 Å². The molecular formula is C70H48F2N4. The number of nitrogens with zero attached hydrogens (tertiary/aromatic N) is 4. The summed E-state index contributed by atoms with van der Waals surface area (Å²) in [6.07, 6.45) is 0. The van der Waals surface area contributed by atoms with E-state index in [0.29, 0.717) is 45.1 Å². The maximum atomic E-state index is 17.9. The van der Waals surface area contributed by atoms with Crippen LogP contribution in [0.25, 0.3) is 81.7 Å². The molecule has 0 radical (unpaired) electrons. The SMILES string of the molecule is [C-]#[N+]c1ccc(N(c2c(F)cc(-c3ccc(C)cc3)cc2-c2ccc(C)cc2)c2ccc3ccc4c(N(c5ccc(C#N)cc5)c5c(F)cc(-c6ccc(C)cc6)cc5-c5ccc(C)cc5)ccc5ccc2c3c54)cc1. The molecule has 362 valence electrons. The highest BCUT2D eigenvalue weighted by Crippen LogP contribution is 2.52. The first-order chi connectivity index (χ1) is 37.0. The van der Waals surface area contributed by atoms with Crippen LogP contribution < -0.4 is 9.80 Å². The molecule has 12 aromatic carbocycles. The zero-order valence-electron chi connectivity index (χ0n) is 42.3. The van der Waals surface area contributed by atoms with Crippen LogP contribution in [0.2, 0.25) is 0 Å². The maximum Gasteiger partial charge on any atom is 0.187 e. The second kappa shape index (κ2) is 19.2. The summed E-state index contributed by atoms with van der Waals surface area (Å²) in [5.41, 5.74) is 15.3. The zero-order valence-corrected chi connectivity index (χ0v) is 42.3. The lowest BCUT2D eigenvalue weighted by molar-refractivity contribution is 0.629. The van der Waals surface area contributed by atoms with Crippen LogP contribution >= 0.6 is 0 Å². The number of benzene rings is 12. The van der Waals surface area contributed by atoms with E-state index in [9.17, 15) is 5.26 Å². The number of anilines is 6. The molecule has 0 amide bonds. The minimum Gasteiger partial charge on any atom is -0.307 e. The Hall–Kier alpha value is -9.88. The molecule has 0 aromatic heterocycles. The molecule has 0 heterocycles. The van der Waals surface area contributed by atoms with Crippen LogP contribution in [-0.2, 0) is 0 Å². The molecule has 0 spiro atoms. The summed E-state index contributed by atoms with van der Waals surface area (Å²) in [5, 5.41) is 15.6. The number of aryl methyl sites for hydroxylation is 4. The van der Waals surface area contributed by atoms with Crippen molar-refractivity contribution >= 4 is 72.1 Å². The third-order valence-electron chi connectivity index (χ3n) is 14.7. The Morgan fingerprint density at radius 1 is 0.395 bits per heavy atom. The number of nitriles is 1. The molecule has 0 saturated carbocycles. The summed E-state index contributed by atoms with van der Waals surface area (Å²) in [4.78, 5) is 7.69. The lowest BCUT2D eigenvalue weighted by atomic mass is 9.90. The van der Waals surface area contributed by atoms with Gasteiger partial charge in [0.15, 0.2) is 5.69 Å². The van der Waals surface area contributed by atoms with Crippen molar-refractivity contribution in [3.63, 3.8) is 0 Å². The van der Waals surface area contributed by atoms with Gasteiger partial charge in [-0.25, -0.2) is 13.6 Å². The highest BCUT2D eigenvalue weighted by molar-refractivity contribution is 6.28. The van der Waals surface area contributed by atoms with Crippen molar-refractivity contribution in [2.75, 3.05) is 9.80 Å². The molecular weight excluding hydrogens is 935 g/mol. The van der Waals surface area contributed by atoms with Gasteiger partial charge in [-0.15, -0.1) is 0 Å². The van der Waals surface area contributed by atoms with E-state index >= 15 is 8.78 Å². The van der Waals surface area contributed by atoms with Crippen LogP contribution in [0.1, 0.15) is 27.8 Å². The van der Waals surface area contributed by atoms with Crippen molar-refractivity contribution in [2.24, 2.45) is 0 Å². The highest BCUT2D eigenvalue weighted by atomic mass is 19.1. The first kappa shape index (κ1) is 47.1. The summed E-state index contributed by atoms with van der Waals surface area (Å²) >= 11 is 0. The Bertz CT molecular complexity index is 3990. The molecule has 0 saturated heterocycles. The third kappa shape index (κ3) is 8.43. The van der Waals surface area contributed by atoms with E-state index < -0.39 is 11.6 Å². The van der Waals surface area contributed by atoms with Gasteiger partial charge in [0.05, 0.1) is 41.0 Å². The standard InChI is InChI=1S/C70H48F2N4/c1-43-6-16-48(17-7-43)54-38-61(50-20-10-45(3)11-21-50)69(63(71)40-54)75(57-30-14-47(42-73)15-31-57)65-36-26-52-25-35-60-66(37-27-53-24-34-59(65)67(52)68(53)60)76(58-32-28-56(74-5)29-33-58)70-62(51-22-12-46(4)13-23-51)39-55(41-64(70)72)49-18-8-44(2)9-19-49/h6-41H,1-4H3. The average Bonchev–Trinajstić information content (AvgIpc) is 3.47. The number of halogens is 2. The molecule has 0 bridgehead atoms. The number of hydrogen-bond acceptors (Lipinski definition) is 3. The smallest absolute Gasteiger partial charge is 0.187 e. The van der Waals surface area contributed by atoms with Crippen LogP contribution in [0.5, 0.6) is 0 Å². The number of hydrogen-bond donors (Lipinski definition) is 0. The van der Waals surface area contributed by atoms with Crippen molar-refractivity contribution < 1.29 is 8.78 Å². The molecule has 0 fully saturated rings. The largest absolute Gasteiger partial charge is 0.307 e.